The predicted octanol–water partition coefficient (Wildman–Crippen LogP) is 3.31. The molecular formula is C24H20F3N7O3S. The summed E-state index contributed by atoms with van der Waals surface area (Å²) in [5, 5.41) is 5.93. The standard InChI is InChI=1S/C24H20F3N7O3S/c1-13-3-4-16(31-22(35)19-10-15(5-6-28-19)24(25,26)27)11-17(13)18-9-14-12-30-23(33-38(2,36)37)32-20(14)34-8-7-29-21(18)34/h3-6,9-12,29H,7-8H2,1-2H3,(H,31,35). The Morgan fingerprint density at radius 3 is 2.66 bits per heavy atom. The number of aromatic nitrogens is 4. The Morgan fingerprint density at radius 2 is 1.92 bits per heavy atom. The minimum atomic E-state index is -4.60. The molecule has 0 aliphatic carbocycles. The predicted molar refractivity (Wildman–Crippen MR) is 133 cm³/mol. The van der Waals surface area contributed by atoms with Crippen LogP contribution in [0.5, 0.6) is 0 Å². The van der Waals surface area contributed by atoms with Crippen molar-refractivity contribution in [2.24, 2.45) is 4.40 Å². The van der Waals surface area contributed by atoms with E-state index in [1.54, 1.807) is 18.2 Å². The van der Waals surface area contributed by atoms with Crippen molar-refractivity contribution in [2.45, 2.75) is 19.6 Å². The zero-order chi connectivity index (χ0) is 27.2. The molecule has 1 aromatic heterocycles. The normalized spacial score (nSPS) is 13.9. The first-order valence-corrected chi connectivity index (χ1v) is 13.1. The summed E-state index contributed by atoms with van der Waals surface area (Å²) < 4.78 is 67.7. The average molecular weight is 544 g/mol. The van der Waals surface area contributed by atoms with Crippen LogP contribution in [0.2, 0.25) is 0 Å². The van der Waals surface area contributed by atoms with Crippen molar-refractivity contribution in [1.29, 1.82) is 0 Å². The summed E-state index contributed by atoms with van der Waals surface area (Å²) in [6.07, 6.45) is -1.21. The monoisotopic (exact) mass is 543 g/mol. The lowest BCUT2D eigenvalue weighted by Crippen LogP contribution is -2.19. The number of anilines is 2. The molecule has 0 saturated heterocycles. The highest BCUT2D eigenvalue weighted by atomic mass is 32.2. The van der Waals surface area contributed by atoms with Gasteiger partial charge in [0.2, 0.25) is 0 Å². The van der Waals surface area contributed by atoms with E-state index in [2.05, 4.69) is 30.0 Å². The van der Waals surface area contributed by atoms with Crippen LogP contribution in [0.3, 0.4) is 0 Å². The number of carbonyl (C=O) groups is 1. The Kier molecular flexibility index (Phi) is 6.13. The number of nitrogens with zero attached hydrogens (tertiary/aromatic N) is 5. The summed E-state index contributed by atoms with van der Waals surface area (Å²) in [5.41, 5.74) is 1.91. The molecular weight excluding hydrogens is 523 g/mol. The highest BCUT2D eigenvalue weighted by Crippen LogP contribution is 2.39. The lowest BCUT2D eigenvalue weighted by molar-refractivity contribution is -0.137. The van der Waals surface area contributed by atoms with Gasteiger partial charge in [-0.2, -0.15) is 18.2 Å². The van der Waals surface area contributed by atoms with Gasteiger partial charge < -0.3 is 15.2 Å². The van der Waals surface area contributed by atoms with Crippen molar-refractivity contribution in [1.82, 2.24) is 19.5 Å². The first-order valence-electron chi connectivity index (χ1n) is 11.3. The fraction of sp³-hybridized carbons (Fsp3) is 0.208. The molecule has 0 atom stereocenters. The molecule has 38 heavy (non-hydrogen) atoms. The number of amides is 1. The van der Waals surface area contributed by atoms with Crippen LogP contribution in [0, 0.1) is 6.92 Å². The Hall–Kier alpha value is -4.33. The third-order valence-corrected chi connectivity index (χ3v) is 6.34. The molecule has 0 fully saturated rings. The maximum Gasteiger partial charge on any atom is 0.416 e. The molecule has 4 heterocycles. The number of fused-ring (bicyclic) bond motifs is 3. The summed E-state index contributed by atoms with van der Waals surface area (Å²) in [6, 6.07) is 8.49. The molecule has 196 valence electrons. The number of alkyl halides is 3. The lowest BCUT2D eigenvalue weighted by Gasteiger charge is -2.19. The molecule has 2 aromatic rings. The number of carbonyl (C=O) groups excluding carboxylic acids is 1. The molecule has 0 bridgehead atoms. The van der Waals surface area contributed by atoms with E-state index in [1.165, 1.54) is 6.20 Å². The molecule has 0 spiro atoms. The van der Waals surface area contributed by atoms with Gasteiger partial charge in [0.25, 0.3) is 21.5 Å². The minimum absolute atomic E-state index is 0.168. The Labute approximate surface area is 214 Å². The molecule has 2 N–H and O–H groups in total. The van der Waals surface area contributed by atoms with Gasteiger partial charge in [0.05, 0.1) is 11.8 Å². The van der Waals surface area contributed by atoms with E-state index in [0.717, 1.165) is 41.0 Å². The second kappa shape index (κ2) is 9.20. The van der Waals surface area contributed by atoms with Crippen LogP contribution in [0.25, 0.3) is 22.5 Å². The van der Waals surface area contributed by atoms with Crippen LogP contribution in [0.1, 0.15) is 21.6 Å². The molecule has 5 rings (SSSR count). The first kappa shape index (κ1) is 25.3. The van der Waals surface area contributed by atoms with Gasteiger partial charge in [0.15, 0.2) is 0 Å². The van der Waals surface area contributed by atoms with Crippen LogP contribution in [0.4, 0.5) is 24.7 Å². The summed E-state index contributed by atoms with van der Waals surface area (Å²) >= 11 is 0. The van der Waals surface area contributed by atoms with Crippen molar-refractivity contribution in [3.63, 3.8) is 0 Å². The van der Waals surface area contributed by atoms with Crippen molar-refractivity contribution >= 4 is 27.4 Å². The number of pyridine rings is 2. The molecule has 0 radical (unpaired) electrons. The topological polar surface area (TPSA) is 131 Å². The summed E-state index contributed by atoms with van der Waals surface area (Å²) in [4.78, 5) is 24.8. The van der Waals surface area contributed by atoms with Gasteiger partial charge in [0, 0.05) is 42.3 Å². The number of rotatable bonds is 4. The first-order chi connectivity index (χ1) is 17.9. The maximum atomic E-state index is 13.0. The number of hydrogen-bond acceptors (Lipinski definition) is 7. The largest absolute Gasteiger partial charge is 0.416 e. The fourth-order valence-corrected chi connectivity index (χ4v) is 4.56. The Bertz CT molecular complexity index is 1730. The van der Waals surface area contributed by atoms with E-state index in [1.807, 2.05) is 17.6 Å². The zero-order valence-electron chi connectivity index (χ0n) is 20.0. The van der Waals surface area contributed by atoms with E-state index in [4.69, 9.17) is 0 Å². The highest BCUT2D eigenvalue weighted by molar-refractivity contribution is 7.89. The molecule has 3 aliphatic heterocycles. The molecule has 3 aliphatic rings. The van der Waals surface area contributed by atoms with Crippen LogP contribution < -0.4 is 16.3 Å². The molecule has 1 aromatic carbocycles. The molecule has 0 saturated carbocycles. The van der Waals surface area contributed by atoms with E-state index < -0.39 is 27.7 Å². The van der Waals surface area contributed by atoms with Gasteiger partial charge in [0.1, 0.15) is 17.3 Å². The lowest BCUT2D eigenvalue weighted by atomic mass is 9.98. The molecule has 14 heteroatoms. The summed E-state index contributed by atoms with van der Waals surface area (Å²) in [7, 11) is -3.68. The SMILES string of the molecule is Cc1ccc(NC(=O)c2cc(C(F)(F)F)ccn2)cc1-c1cc2cnc(=NS(C)(=O)=O)nc-2n2c1NCC2. The van der Waals surface area contributed by atoms with Crippen LogP contribution in [-0.2, 0) is 22.7 Å². The third-order valence-electron chi connectivity index (χ3n) is 5.84. The van der Waals surface area contributed by atoms with E-state index >= 15 is 0 Å². The van der Waals surface area contributed by atoms with E-state index in [0.29, 0.717) is 36.2 Å². The third kappa shape index (κ3) is 5.07. The number of halogens is 3. The number of nitrogens with one attached hydrogen (secondary N) is 2. The summed E-state index contributed by atoms with van der Waals surface area (Å²) in [5.74, 6) is 0.453. The highest BCUT2D eigenvalue weighted by Gasteiger charge is 2.31. The van der Waals surface area contributed by atoms with Gasteiger partial charge in [-0.05, 0) is 48.4 Å². The van der Waals surface area contributed by atoms with Crippen LogP contribution in [-0.4, -0.2) is 46.6 Å². The minimum Gasteiger partial charge on any atom is -0.369 e. The van der Waals surface area contributed by atoms with Gasteiger partial charge in [-0.25, -0.2) is 13.4 Å². The number of hydrogen-bond donors (Lipinski definition) is 2. The molecule has 1 amide bonds. The van der Waals surface area contributed by atoms with Crippen molar-refractivity contribution in [3.8, 4) is 22.5 Å². The number of benzene rings is 1. The second-order valence-corrected chi connectivity index (χ2v) is 10.3. The Morgan fingerprint density at radius 1 is 1.13 bits per heavy atom. The van der Waals surface area contributed by atoms with Crippen molar-refractivity contribution < 1.29 is 26.4 Å². The fourth-order valence-electron chi connectivity index (χ4n) is 4.17. The van der Waals surface area contributed by atoms with Gasteiger partial charge in [-0.15, -0.1) is 4.40 Å². The van der Waals surface area contributed by atoms with E-state index in [-0.39, 0.29) is 11.3 Å². The smallest absolute Gasteiger partial charge is 0.369 e. The van der Waals surface area contributed by atoms with Crippen LogP contribution >= 0.6 is 0 Å². The van der Waals surface area contributed by atoms with Gasteiger partial charge in [-0.3, -0.25) is 9.78 Å². The van der Waals surface area contributed by atoms with Gasteiger partial charge in [-0.1, -0.05) is 6.07 Å². The number of aryl methyl sites for hydroxylation is 1. The molecule has 10 nitrogen and oxygen atoms in total. The molecule has 0 unspecified atom stereocenters. The van der Waals surface area contributed by atoms with Gasteiger partial charge >= 0.3 is 6.18 Å². The summed E-state index contributed by atoms with van der Waals surface area (Å²) in [6.45, 7) is 3.05. The van der Waals surface area contributed by atoms with Crippen molar-refractivity contribution in [2.75, 3.05) is 23.4 Å². The number of sulfonamides is 1. The second-order valence-electron chi connectivity index (χ2n) is 8.67. The van der Waals surface area contributed by atoms with Crippen molar-refractivity contribution in [3.05, 3.63) is 71.2 Å². The average Bonchev–Trinajstić information content (AvgIpc) is 3.34. The van der Waals surface area contributed by atoms with Crippen LogP contribution in [0.15, 0.2) is 53.2 Å². The maximum absolute atomic E-state index is 13.0. The quantitative estimate of drug-likeness (QED) is 0.404. The Balaban J connectivity index is 1.55. The van der Waals surface area contributed by atoms with E-state index in [9.17, 15) is 26.4 Å². The zero-order valence-corrected chi connectivity index (χ0v) is 20.9.